The Morgan fingerprint density at radius 2 is 1.69 bits per heavy atom. The van der Waals surface area contributed by atoms with Crippen LogP contribution in [0, 0.1) is 0 Å². The lowest BCUT2D eigenvalue weighted by atomic mass is 10.2. The second kappa shape index (κ2) is 8.86. The van der Waals surface area contributed by atoms with Crippen LogP contribution in [-0.2, 0) is 5.75 Å². The van der Waals surface area contributed by atoms with Crippen molar-refractivity contribution in [3.63, 3.8) is 0 Å². The second-order valence-corrected chi connectivity index (χ2v) is 7.80. The Morgan fingerprint density at radius 1 is 0.931 bits per heavy atom. The predicted molar refractivity (Wildman–Crippen MR) is 117 cm³/mol. The number of nitrogens with zero attached hydrogens (tertiary/aromatic N) is 4. The van der Waals surface area contributed by atoms with Gasteiger partial charge in [0.05, 0.1) is 12.8 Å². The first-order valence-corrected chi connectivity index (χ1v) is 10.5. The minimum absolute atomic E-state index is 0.564. The van der Waals surface area contributed by atoms with E-state index >= 15 is 0 Å². The van der Waals surface area contributed by atoms with E-state index in [-0.39, 0.29) is 0 Å². The number of rotatable bonds is 6. The van der Waals surface area contributed by atoms with E-state index in [9.17, 15) is 0 Å². The van der Waals surface area contributed by atoms with E-state index in [4.69, 9.17) is 27.9 Å². The Labute approximate surface area is 182 Å². The molecule has 2 aromatic carbocycles. The van der Waals surface area contributed by atoms with Crippen LogP contribution >= 0.6 is 35.0 Å². The first-order valence-electron chi connectivity index (χ1n) is 8.74. The number of methoxy groups -OCH3 is 1. The molecule has 5 nitrogen and oxygen atoms in total. The van der Waals surface area contributed by atoms with Gasteiger partial charge in [0, 0.05) is 22.0 Å². The molecule has 0 spiro atoms. The summed E-state index contributed by atoms with van der Waals surface area (Å²) in [5.41, 5.74) is 2.51. The molecule has 0 fully saturated rings. The van der Waals surface area contributed by atoms with Crippen LogP contribution in [-0.4, -0.2) is 26.9 Å². The fraction of sp³-hybridized carbons (Fsp3) is 0.0952. The monoisotopic (exact) mass is 442 g/mol. The topological polar surface area (TPSA) is 52.8 Å². The van der Waals surface area contributed by atoms with Gasteiger partial charge in [0.1, 0.15) is 11.4 Å². The van der Waals surface area contributed by atoms with E-state index in [0.29, 0.717) is 26.8 Å². The van der Waals surface area contributed by atoms with Gasteiger partial charge in [-0.05, 0) is 54.1 Å². The number of ether oxygens (including phenoxy) is 1. The number of hydrogen-bond acceptors (Lipinski definition) is 5. The van der Waals surface area contributed by atoms with Crippen molar-refractivity contribution in [1.29, 1.82) is 0 Å². The number of hydrogen-bond donors (Lipinski definition) is 0. The summed E-state index contributed by atoms with van der Waals surface area (Å²) in [6, 6.07) is 18.9. The summed E-state index contributed by atoms with van der Waals surface area (Å²) in [6.07, 6.45) is 1.73. The first kappa shape index (κ1) is 19.8. The SMILES string of the molecule is COc1ccc(-n2c(SCc3c(Cl)cccc3Cl)nnc2-c2ccccn2)cc1. The van der Waals surface area contributed by atoms with Crippen molar-refractivity contribution < 1.29 is 4.74 Å². The van der Waals surface area contributed by atoms with Crippen LogP contribution in [0.4, 0.5) is 0 Å². The zero-order valence-electron chi connectivity index (χ0n) is 15.4. The van der Waals surface area contributed by atoms with Crippen molar-refractivity contribution in [2.24, 2.45) is 0 Å². The van der Waals surface area contributed by atoms with Crippen LogP contribution in [0.3, 0.4) is 0 Å². The third kappa shape index (κ3) is 4.24. The molecule has 0 unspecified atom stereocenters. The van der Waals surface area contributed by atoms with Gasteiger partial charge in [-0.1, -0.05) is 47.1 Å². The Hall–Kier alpha value is -2.54. The number of thioether (sulfide) groups is 1. The fourth-order valence-electron chi connectivity index (χ4n) is 2.80. The maximum absolute atomic E-state index is 6.32. The molecular weight excluding hydrogens is 427 g/mol. The Balaban J connectivity index is 1.74. The lowest BCUT2D eigenvalue weighted by Crippen LogP contribution is -2.01. The molecule has 0 saturated heterocycles. The molecular formula is C21H16Cl2N4OS. The van der Waals surface area contributed by atoms with E-state index in [0.717, 1.165) is 22.7 Å². The Morgan fingerprint density at radius 3 is 2.34 bits per heavy atom. The predicted octanol–water partition coefficient (Wildman–Crippen LogP) is 5.94. The molecule has 0 atom stereocenters. The summed E-state index contributed by atoms with van der Waals surface area (Å²) >= 11 is 14.2. The smallest absolute Gasteiger partial charge is 0.196 e. The van der Waals surface area contributed by atoms with Gasteiger partial charge in [0.25, 0.3) is 0 Å². The maximum atomic E-state index is 6.32. The minimum atomic E-state index is 0.564. The zero-order valence-corrected chi connectivity index (χ0v) is 17.7. The van der Waals surface area contributed by atoms with Gasteiger partial charge in [-0.2, -0.15) is 0 Å². The molecule has 0 radical (unpaired) electrons. The van der Waals surface area contributed by atoms with Gasteiger partial charge < -0.3 is 4.74 Å². The fourth-order valence-corrected chi connectivity index (χ4v) is 4.49. The van der Waals surface area contributed by atoms with Crippen LogP contribution in [0.5, 0.6) is 5.75 Å². The third-order valence-electron chi connectivity index (χ3n) is 4.27. The molecule has 2 aromatic heterocycles. The highest BCUT2D eigenvalue weighted by Crippen LogP contribution is 2.33. The van der Waals surface area contributed by atoms with Gasteiger partial charge in [-0.3, -0.25) is 9.55 Å². The Kier molecular flexibility index (Phi) is 6.04. The quantitative estimate of drug-likeness (QED) is 0.346. The molecule has 2 heterocycles. The van der Waals surface area contributed by atoms with Gasteiger partial charge in [-0.25, -0.2) is 0 Å². The van der Waals surface area contributed by atoms with Gasteiger partial charge in [0.2, 0.25) is 0 Å². The molecule has 8 heteroatoms. The largest absolute Gasteiger partial charge is 0.497 e. The molecule has 0 aliphatic carbocycles. The van der Waals surface area contributed by atoms with Gasteiger partial charge in [0.15, 0.2) is 11.0 Å². The summed E-state index contributed by atoms with van der Waals surface area (Å²) in [7, 11) is 1.64. The second-order valence-electron chi connectivity index (χ2n) is 6.04. The molecule has 4 aromatic rings. The molecule has 29 heavy (non-hydrogen) atoms. The summed E-state index contributed by atoms with van der Waals surface area (Å²) in [5, 5.41) is 10.8. The average Bonchev–Trinajstić information content (AvgIpc) is 3.18. The summed E-state index contributed by atoms with van der Waals surface area (Å²) in [6.45, 7) is 0. The first-order chi connectivity index (χ1) is 14.2. The Bertz CT molecular complexity index is 1100. The van der Waals surface area contributed by atoms with E-state index in [1.807, 2.05) is 65.2 Å². The van der Waals surface area contributed by atoms with Crippen molar-refractivity contribution in [2.75, 3.05) is 7.11 Å². The number of benzene rings is 2. The lowest BCUT2D eigenvalue weighted by Gasteiger charge is -2.11. The molecule has 4 rings (SSSR count). The van der Waals surface area contributed by atoms with Crippen LogP contribution in [0.15, 0.2) is 72.0 Å². The molecule has 0 aliphatic rings. The van der Waals surface area contributed by atoms with E-state index < -0.39 is 0 Å². The molecule has 0 saturated carbocycles. The molecule has 146 valence electrons. The molecule has 0 bridgehead atoms. The van der Waals surface area contributed by atoms with Crippen LogP contribution in [0.25, 0.3) is 17.2 Å². The van der Waals surface area contributed by atoms with Crippen molar-refractivity contribution >= 4 is 35.0 Å². The maximum Gasteiger partial charge on any atom is 0.196 e. The zero-order chi connectivity index (χ0) is 20.2. The van der Waals surface area contributed by atoms with Crippen molar-refractivity contribution in [2.45, 2.75) is 10.9 Å². The average molecular weight is 443 g/mol. The molecule has 0 aliphatic heterocycles. The van der Waals surface area contributed by atoms with E-state index in [2.05, 4.69) is 15.2 Å². The number of pyridine rings is 1. The summed E-state index contributed by atoms with van der Waals surface area (Å²) < 4.78 is 7.25. The molecule has 0 N–H and O–H groups in total. The number of aromatic nitrogens is 4. The highest BCUT2D eigenvalue weighted by atomic mass is 35.5. The standard InChI is InChI=1S/C21H16Cl2N4OS/c1-28-15-10-8-14(9-11-15)27-20(19-7-2-3-12-24-19)25-26-21(27)29-13-16-17(22)5-4-6-18(16)23/h2-12H,13H2,1H3. The summed E-state index contributed by atoms with van der Waals surface area (Å²) in [4.78, 5) is 4.43. The van der Waals surface area contributed by atoms with Crippen molar-refractivity contribution in [3.05, 3.63) is 82.5 Å². The highest BCUT2D eigenvalue weighted by molar-refractivity contribution is 7.98. The van der Waals surface area contributed by atoms with Crippen molar-refractivity contribution in [1.82, 2.24) is 19.7 Å². The van der Waals surface area contributed by atoms with Crippen LogP contribution < -0.4 is 4.74 Å². The third-order valence-corrected chi connectivity index (χ3v) is 5.93. The normalized spacial score (nSPS) is 10.9. The van der Waals surface area contributed by atoms with Gasteiger partial charge in [-0.15, -0.1) is 10.2 Å². The summed E-state index contributed by atoms with van der Waals surface area (Å²) in [5.74, 6) is 2.00. The van der Waals surface area contributed by atoms with Gasteiger partial charge >= 0.3 is 0 Å². The minimum Gasteiger partial charge on any atom is -0.497 e. The van der Waals surface area contributed by atoms with Crippen molar-refractivity contribution in [3.8, 4) is 23.0 Å². The van der Waals surface area contributed by atoms with Crippen LogP contribution in [0.2, 0.25) is 10.0 Å². The number of halogens is 2. The van der Waals surface area contributed by atoms with E-state index in [1.165, 1.54) is 11.8 Å². The molecule has 0 amide bonds. The van der Waals surface area contributed by atoms with Crippen LogP contribution in [0.1, 0.15) is 5.56 Å². The lowest BCUT2D eigenvalue weighted by molar-refractivity contribution is 0.414. The highest BCUT2D eigenvalue weighted by Gasteiger charge is 2.18. The van der Waals surface area contributed by atoms with E-state index in [1.54, 1.807) is 13.3 Å².